The van der Waals surface area contributed by atoms with Crippen molar-refractivity contribution in [2.75, 3.05) is 26.2 Å². The van der Waals surface area contributed by atoms with Crippen molar-refractivity contribution >= 4 is 36.2 Å². The van der Waals surface area contributed by atoms with E-state index in [0.717, 1.165) is 36.6 Å². The van der Waals surface area contributed by atoms with E-state index in [2.05, 4.69) is 10.2 Å². The third kappa shape index (κ3) is 6.32. The quantitative estimate of drug-likeness (QED) is 0.861. The molecule has 1 aliphatic heterocycles. The highest BCUT2D eigenvalue weighted by molar-refractivity contribution is 7.10. The first-order valence-corrected chi connectivity index (χ1v) is 7.41. The van der Waals surface area contributed by atoms with Crippen molar-refractivity contribution in [1.82, 2.24) is 10.2 Å². The first-order chi connectivity index (χ1) is 8.97. The molecule has 0 amide bonds. The van der Waals surface area contributed by atoms with Crippen molar-refractivity contribution in [3.05, 3.63) is 21.9 Å². The van der Waals surface area contributed by atoms with Gasteiger partial charge in [-0.3, -0.25) is 4.90 Å². The summed E-state index contributed by atoms with van der Waals surface area (Å²) in [6.45, 7) is 5.33. The first-order valence-electron chi connectivity index (χ1n) is 6.53. The molecule has 0 unspecified atom stereocenters. The number of alkyl halides is 3. The fourth-order valence-electron chi connectivity index (χ4n) is 2.50. The van der Waals surface area contributed by atoms with Crippen molar-refractivity contribution in [2.45, 2.75) is 32.0 Å². The zero-order valence-corrected chi connectivity index (χ0v) is 14.2. The van der Waals surface area contributed by atoms with Gasteiger partial charge in [-0.15, -0.1) is 36.2 Å². The number of hydrogen-bond acceptors (Lipinski definition) is 3. The summed E-state index contributed by atoms with van der Waals surface area (Å²) in [6, 6.07) is 1.90. The van der Waals surface area contributed by atoms with Gasteiger partial charge in [0.15, 0.2) is 0 Å². The minimum Gasteiger partial charge on any atom is -0.314 e. The summed E-state index contributed by atoms with van der Waals surface area (Å²) < 4.78 is 37.5. The van der Waals surface area contributed by atoms with Crippen LogP contribution in [0.4, 0.5) is 13.2 Å². The van der Waals surface area contributed by atoms with Crippen LogP contribution in [0.2, 0.25) is 0 Å². The van der Waals surface area contributed by atoms with E-state index in [9.17, 15) is 13.2 Å². The molecule has 0 bridgehead atoms. The maximum atomic E-state index is 12.5. The third-order valence-electron chi connectivity index (χ3n) is 3.50. The van der Waals surface area contributed by atoms with E-state index < -0.39 is 12.6 Å². The molecule has 1 saturated heterocycles. The van der Waals surface area contributed by atoms with E-state index in [1.807, 2.05) is 18.4 Å². The number of thiophene rings is 1. The maximum absolute atomic E-state index is 12.5. The standard InChI is InChI=1S/C13H19F3N2S.2ClH/c1-10-3-9-19-12(10)11(2-4-13(14,15)16)18-7-5-17-6-8-18;;/h3,9,11,17H,2,4-8H2,1H3;2*1H/t11-;;/m0../s1. The lowest BCUT2D eigenvalue weighted by Gasteiger charge is -2.35. The molecule has 1 N–H and O–H groups in total. The summed E-state index contributed by atoms with van der Waals surface area (Å²) in [5, 5.41) is 5.21. The van der Waals surface area contributed by atoms with Crippen molar-refractivity contribution in [3.8, 4) is 0 Å². The molecule has 0 spiro atoms. The van der Waals surface area contributed by atoms with Crippen LogP contribution in [0.25, 0.3) is 0 Å². The predicted molar refractivity (Wildman–Crippen MR) is 86.0 cm³/mol. The highest BCUT2D eigenvalue weighted by Gasteiger charge is 2.32. The van der Waals surface area contributed by atoms with Gasteiger partial charge >= 0.3 is 6.18 Å². The monoisotopic (exact) mass is 364 g/mol. The zero-order chi connectivity index (χ0) is 13.9. The lowest BCUT2D eigenvalue weighted by molar-refractivity contribution is -0.138. The van der Waals surface area contributed by atoms with E-state index >= 15 is 0 Å². The normalized spacial score (nSPS) is 17.7. The van der Waals surface area contributed by atoms with E-state index in [4.69, 9.17) is 0 Å². The van der Waals surface area contributed by atoms with E-state index in [0.29, 0.717) is 0 Å². The minimum atomic E-state index is -4.07. The average molecular weight is 365 g/mol. The molecule has 1 aromatic rings. The average Bonchev–Trinajstić information content (AvgIpc) is 2.76. The summed E-state index contributed by atoms with van der Waals surface area (Å²) in [7, 11) is 0. The molecular formula is C13H21Cl2F3N2S. The predicted octanol–water partition coefficient (Wildman–Crippen LogP) is 4.19. The van der Waals surface area contributed by atoms with Crippen LogP contribution in [0.1, 0.15) is 29.3 Å². The minimum absolute atomic E-state index is 0. The summed E-state index contributed by atoms with van der Waals surface area (Å²) in [6.07, 6.45) is -4.62. The van der Waals surface area contributed by atoms with Crippen LogP contribution in [-0.4, -0.2) is 37.3 Å². The van der Waals surface area contributed by atoms with E-state index in [1.54, 1.807) is 11.3 Å². The Morgan fingerprint density at radius 3 is 2.38 bits per heavy atom. The van der Waals surface area contributed by atoms with Crippen LogP contribution in [0.15, 0.2) is 11.4 Å². The van der Waals surface area contributed by atoms with Gasteiger partial charge in [-0.05, 0) is 30.4 Å². The molecule has 1 aromatic heterocycles. The molecule has 8 heteroatoms. The van der Waals surface area contributed by atoms with Crippen LogP contribution >= 0.6 is 36.2 Å². The van der Waals surface area contributed by atoms with Gasteiger partial charge in [0, 0.05) is 43.5 Å². The van der Waals surface area contributed by atoms with Crippen molar-refractivity contribution < 1.29 is 13.2 Å². The Kier molecular flexibility index (Phi) is 9.20. The van der Waals surface area contributed by atoms with E-state index in [-0.39, 0.29) is 37.3 Å². The number of nitrogens with one attached hydrogen (secondary N) is 1. The first kappa shape index (κ1) is 21.0. The molecule has 2 rings (SSSR count). The number of aryl methyl sites for hydroxylation is 1. The van der Waals surface area contributed by atoms with Crippen molar-refractivity contribution in [2.24, 2.45) is 0 Å². The number of rotatable bonds is 4. The Hall–Kier alpha value is -0.0100. The van der Waals surface area contributed by atoms with Crippen LogP contribution < -0.4 is 5.32 Å². The topological polar surface area (TPSA) is 15.3 Å². The molecule has 0 saturated carbocycles. The number of hydrogen-bond donors (Lipinski definition) is 1. The van der Waals surface area contributed by atoms with Gasteiger partial charge in [-0.25, -0.2) is 0 Å². The Bertz CT molecular complexity index is 406. The second kappa shape index (κ2) is 9.20. The van der Waals surface area contributed by atoms with Gasteiger partial charge in [-0.1, -0.05) is 0 Å². The zero-order valence-electron chi connectivity index (χ0n) is 11.8. The molecule has 21 heavy (non-hydrogen) atoms. The Morgan fingerprint density at radius 1 is 1.29 bits per heavy atom. The molecule has 0 radical (unpaired) electrons. The van der Waals surface area contributed by atoms with E-state index in [1.165, 1.54) is 0 Å². The van der Waals surface area contributed by atoms with Crippen LogP contribution in [0, 0.1) is 6.92 Å². The third-order valence-corrected chi connectivity index (χ3v) is 4.62. The smallest absolute Gasteiger partial charge is 0.314 e. The maximum Gasteiger partial charge on any atom is 0.389 e. The molecule has 2 nitrogen and oxygen atoms in total. The molecule has 1 aliphatic rings. The molecule has 1 fully saturated rings. The fourth-order valence-corrected chi connectivity index (χ4v) is 3.60. The second-order valence-electron chi connectivity index (χ2n) is 4.92. The van der Waals surface area contributed by atoms with Crippen molar-refractivity contribution in [3.63, 3.8) is 0 Å². The Morgan fingerprint density at radius 2 is 1.90 bits per heavy atom. The van der Waals surface area contributed by atoms with Gasteiger partial charge in [0.25, 0.3) is 0 Å². The van der Waals surface area contributed by atoms with Gasteiger partial charge in [0.1, 0.15) is 0 Å². The van der Waals surface area contributed by atoms with Gasteiger partial charge in [-0.2, -0.15) is 13.2 Å². The summed E-state index contributed by atoms with van der Waals surface area (Å²) >= 11 is 1.57. The number of nitrogens with zero attached hydrogens (tertiary/aromatic N) is 1. The van der Waals surface area contributed by atoms with Crippen molar-refractivity contribution in [1.29, 1.82) is 0 Å². The highest BCUT2D eigenvalue weighted by atomic mass is 35.5. The highest BCUT2D eigenvalue weighted by Crippen LogP contribution is 2.35. The lowest BCUT2D eigenvalue weighted by atomic mass is 10.0. The molecule has 1 atom stereocenters. The van der Waals surface area contributed by atoms with Crippen LogP contribution in [0.3, 0.4) is 0 Å². The van der Waals surface area contributed by atoms with Crippen LogP contribution in [0.5, 0.6) is 0 Å². The molecular weight excluding hydrogens is 344 g/mol. The largest absolute Gasteiger partial charge is 0.389 e. The number of piperazine rings is 1. The fraction of sp³-hybridized carbons (Fsp3) is 0.692. The Balaban J connectivity index is 0.00000200. The molecule has 0 aromatic carbocycles. The summed E-state index contributed by atoms with van der Waals surface area (Å²) in [5.41, 5.74) is 1.11. The van der Waals surface area contributed by atoms with Gasteiger partial charge < -0.3 is 5.32 Å². The second-order valence-corrected chi connectivity index (χ2v) is 5.87. The SMILES string of the molecule is Cc1ccsc1[C@H](CCC(F)(F)F)N1CCNCC1.Cl.Cl. The Labute approximate surface area is 139 Å². The van der Waals surface area contributed by atoms with Crippen LogP contribution in [-0.2, 0) is 0 Å². The summed E-state index contributed by atoms with van der Waals surface area (Å²) in [5.74, 6) is 0. The number of halogens is 5. The molecule has 0 aliphatic carbocycles. The summed E-state index contributed by atoms with van der Waals surface area (Å²) in [4.78, 5) is 3.27. The molecule has 124 valence electrons. The molecule has 2 heterocycles. The van der Waals surface area contributed by atoms with Gasteiger partial charge in [0.2, 0.25) is 0 Å². The lowest BCUT2D eigenvalue weighted by Crippen LogP contribution is -2.45. The van der Waals surface area contributed by atoms with Gasteiger partial charge in [0.05, 0.1) is 0 Å².